The van der Waals surface area contributed by atoms with Crippen molar-refractivity contribution in [2.45, 2.75) is 19.8 Å². The van der Waals surface area contributed by atoms with Gasteiger partial charge < -0.3 is 9.64 Å². The average molecular weight is 340 g/mol. The van der Waals surface area contributed by atoms with Crippen LogP contribution in [0.1, 0.15) is 30.1 Å². The van der Waals surface area contributed by atoms with E-state index in [1.54, 1.807) is 17.9 Å². The van der Waals surface area contributed by atoms with Crippen LogP contribution in [0.2, 0.25) is 0 Å². The second-order valence-electron chi connectivity index (χ2n) is 4.82. The number of ether oxygens (including phenoxy) is 1. The fraction of sp³-hybridized carbons (Fsp3) is 0.467. The standard InChI is InChI=1S/C15H18BrNO3/c1-2-20-15(19)11-6-5-9-17(10-11)14(18)12-7-3-4-8-13(12)16/h3-4,7-8,11H,2,5-6,9-10H2,1H3. The maximum atomic E-state index is 12.5. The smallest absolute Gasteiger partial charge is 0.310 e. The Labute approximate surface area is 127 Å². The van der Waals surface area contributed by atoms with Crippen molar-refractivity contribution in [1.82, 2.24) is 4.90 Å². The van der Waals surface area contributed by atoms with Crippen LogP contribution in [0, 0.1) is 5.92 Å². The number of rotatable bonds is 3. The quantitative estimate of drug-likeness (QED) is 0.795. The molecule has 0 N–H and O–H groups in total. The number of esters is 1. The lowest BCUT2D eigenvalue weighted by molar-refractivity contribution is -0.149. The first-order chi connectivity index (χ1) is 9.63. The molecule has 1 aromatic rings. The van der Waals surface area contributed by atoms with E-state index in [4.69, 9.17) is 4.74 Å². The van der Waals surface area contributed by atoms with Crippen LogP contribution in [0.25, 0.3) is 0 Å². The number of nitrogens with zero attached hydrogens (tertiary/aromatic N) is 1. The van der Waals surface area contributed by atoms with Gasteiger partial charge in [0.2, 0.25) is 0 Å². The fourth-order valence-electron chi connectivity index (χ4n) is 2.42. The van der Waals surface area contributed by atoms with Crippen molar-refractivity contribution in [3.63, 3.8) is 0 Å². The Morgan fingerprint density at radius 2 is 2.15 bits per heavy atom. The molecule has 108 valence electrons. The highest BCUT2D eigenvalue weighted by atomic mass is 79.9. The Hall–Kier alpha value is -1.36. The molecule has 1 atom stereocenters. The minimum absolute atomic E-state index is 0.0357. The molecule has 1 heterocycles. The highest BCUT2D eigenvalue weighted by Gasteiger charge is 2.30. The second-order valence-corrected chi connectivity index (χ2v) is 5.68. The van der Waals surface area contributed by atoms with Crippen molar-refractivity contribution in [3.8, 4) is 0 Å². The molecule has 4 nitrogen and oxygen atoms in total. The maximum absolute atomic E-state index is 12.5. The number of carbonyl (C=O) groups excluding carboxylic acids is 2. The molecule has 0 radical (unpaired) electrons. The predicted octanol–water partition coefficient (Wildman–Crippen LogP) is 2.86. The molecule has 0 aliphatic carbocycles. The summed E-state index contributed by atoms with van der Waals surface area (Å²) in [5, 5.41) is 0. The van der Waals surface area contributed by atoms with Gasteiger partial charge in [-0.1, -0.05) is 12.1 Å². The van der Waals surface area contributed by atoms with Crippen LogP contribution >= 0.6 is 15.9 Å². The van der Waals surface area contributed by atoms with E-state index in [1.165, 1.54) is 0 Å². The third-order valence-electron chi connectivity index (χ3n) is 3.43. The molecule has 0 bridgehead atoms. The topological polar surface area (TPSA) is 46.6 Å². The fourth-order valence-corrected chi connectivity index (χ4v) is 2.87. The zero-order valence-corrected chi connectivity index (χ0v) is 13.1. The molecule has 5 heteroatoms. The normalized spacial score (nSPS) is 18.7. The molecule has 0 saturated carbocycles. The minimum Gasteiger partial charge on any atom is -0.466 e. The number of piperidine rings is 1. The van der Waals surface area contributed by atoms with Crippen molar-refractivity contribution in [1.29, 1.82) is 0 Å². The van der Waals surface area contributed by atoms with E-state index in [9.17, 15) is 9.59 Å². The van der Waals surface area contributed by atoms with E-state index in [1.807, 2.05) is 18.2 Å². The SMILES string of the molecule is CCOC(=O)C1CCCN(C(=O)c2ccccc2Br)C1. The molecule has 1 saturated heterocycles. The molecule has 0 aromatic heterocycles. The predicted molar refractivity (Wildman–Crippen MR) is 79.4 cm³/mol. The molecule has 1 aliphatic rings. The van der Waals surface area contributed by atoms with Crippen molar-refractivity contribution in [2.75, 3.05) is 19.7 Å². The molecule has 1 amide bonds. The third kappa shape index (κ3) is 3.39. The summed E-state index contributed by atoms with van der Waals surface area (Å²) in [5.41, 5.74) is 0.636. The number of carbonyl (C=O) groups is 2. The second kappa shape index (κ2) is 6.88. The summed E-state index contributed by atoms with van der Waals surface area (Å²) in [6.07, 6.45) is 1.62. The molecular weight excluding hydrogens is 322 g/mol. The summed E-state index contributed by atoms with van der Waals surface area (Å²) in [6, 6.07) is 7.35. The monoisotopic (exact) mass is 339 g/mol. The zero-order valence-electron chi connectivity index (χ0n) is 11.5. The van der Waals surface area contributed by atoms with Crippen LogP contribution in [0.15, 0.2) is 28.7 Å². The van der Waals surface area contributed by atoms with Crippen LogP contribution < -0.4 is 0 Å². The Balaban J connectivity index is 2.07. The van der Waals surface area contributed by atoms with Gasteiger partial charge in [-0.2, -0.15) is 0 Å². The van der Waals surface area contributed by atoms with Gasteiger partial charge in [0.1, 0.15) is 0 Å². The minimum atomic E-state index is -0.199. The largest absolute Gasteiger partial charge is 0.466 e. The summed E-state index contributed by atoms with van der Waals surface area (Å²) >= 11 is 3.39. The van der Waals surface area contributed by atoms with E-state index in [-0.39, 0.29) is 17.8 Å². The summed E-state index contributed by atoms with van der Waals surface area (Å²) in [5.74, 6) is -0.432. The van der Waals surface area contributed by atoms with Gasteiger partial charge in [-0.3, -0.25) is 9.59 Å². The van der Waals surface area contributed by atoms with Crippen molar-refractivity contribution in [2.24, 2.45) is 5.92 Å². The van der Waals surface area contributed by atoms with Crippen molar-refractivity contribution in [3.05, 3.63) is 34.3 Å². The van der Waals surface area contributed by atoms with E-state index in [2.05, 4.69) is 15.9 Å². The molecule has 2 rings (SSSR count). The van der Waals surface area contributed by atoms with Crippen LogP contribution in [0.5, 0.6) is 0 Å². The first kappa shape index (κ1) is 15.0. The number of likely N-dealkylation sites (tertiary alicyclic amines) is 1. The Kier molecular flexibility index (Phi) is 5.17. The van der Waals surface area contributed by atoms with Gasteiger partial charge in [0.25, 0.3) is 5.91 Å². The lowest BCUT2D eigenvalue weighted by atomic mass is 9.97. The van der Waals surface area contributed by atoms with E-state index >= 15 is 0 Å². The number of halogens is 1. The lowest BCUT2D eigenvalue weighted by Crippen LogP contribution is -2.42. The number of benzene rings is 1. The Morgan fingerprint density at radius 1 is 1.40 bits per heavy atom. The van der Waals surface area contributed by atoms with E-state index in [0.29, 0.717) is 25.3 Å². The summed E-state index contributed by atoms with van der Waals surface area (Å²) in [6.45, 7) is 3.31. The van der Waals surface area contributed by atoms with Gasteiger partial charge in [-0.05, 0) is 47.8 Å². The maximum Gasteiger partial charge on any atom is 0.310 e. The first-order valence-corrected chi connectivity index (χ1v) is 7.63. The highest BCUT2D eigenvalue weighted by molar-refractivity contribution is 9.10. The third-order valence-corrected chi connectivity index (χ3v) is 4.12. The Bertz CT molecular complexity index is 504. The number of amides is 1. The summed E-state index contributed by atoms with van der Waals surface area (Å²) < 4.78 is 5.83. The molecule has 1 aromatic carbocycles. The van der Waals surface area contributed by atoms with E-state index < -0.39 is 0 Å². The average Bonchev–Trinajstić information content (AvgIpc) is 2.47. The molecule has 1 unspecified atom stereocenters. The summed E-state index contributed by atoms with van der Waals surface area (Å²) in [7, 11) is 0. The van der Waals surface area contributed by atoms with Crippen LogP contribution in [-0.4, -0.2) is 36.5 Å². The van der Waals surface area contributed by atoms with Crippen LogP contribution in [0.4, 0.5) is 0 Å². The molecule has 20 heavy (non-hydrogen) atoms. The molecule has 1 fully saturated rings. The number of hydrogen-bond donors (Lipinski definition) is 0. The van der Waals surface area contributed by atoms with Gasteiger partial charge in [-0.25, -0.2) is 0 Å². The molecular formula is C15H18BrNO3. The van der Waals surface area contributed by atoms with E-state index in [0.717, 1.165) is 17.3 Å². The highest BCUT2D eigenvalue weighted by Crippen LogP contribution is 2.23. The van der Waals surface area contributed by atoms with Gasteiger partial charge >= 0.3 is 5.97 Å². The number of hydrogen-bond acceptors (Lipinski definition) is 3. The van der Waals surface area contributed by atoms with Gasteiger partial charge in [0.05, 0.1) is 18.1 Å². The molecule has 0 spiro atoms. The van der Waals surface area contributed by atoms with Gasteiger partial charge in [-0.15, -0.1) is 0 Å². The first-order valence-electron chi connectivity index (χ1n) is 6.84. The van der Waals surface area contributed by atoms with Gasteiger partial charge in [0, 0.05) is 17.6 Å². The van der Waals surface area contributed by atoms with Crippen LogP contribution in [-0.2, 0) is 9.53 Å². The van der Waals surface area contributed by atoms with Gasteiger partial charge in [0.15, 0.2) is 0 Å². The van der Waals surface area contributed by atoms with Crippen molar-refractivity contribution < 1.29 is 14.3 Å². The van der Waals surface area contributed by atoms with Crippen LogP contribution in [0.3, 0.4) is 0 Å². The lowest BCUT2D eigenvalue weighted by Gasteiger charge is -2.31. The van der Waals surface area contributed by atoms with Crippen molar-refractivity contribution >= 4 is 27.8 Å². The molecule has 1 aliphatic heterocycles. The Morgan fingerprint density at radius 3 is 2.85 bits per heavy atom. The zero-order chi connectivity index (χ0) is 14.5. The summed E-state index contributed by atoms with van der Waals surface area (Å²) in [4.78, 5) is 26.0.